The molecule has 0 radical (unpaired) electrons. The maximum atomic E-state index is 12.2. The number of amides is 2. The molecule has 1 unspecified atom stereocenters. The second-order valence-electron chi connectivity index (χ2n) is 6.25. The summed E-state index contributed by atoms with van der Waals surface area (Å²) in [5.74, 6) is -0.327. The average molecular weight is 372 g/mol. The van der Waals surface area contributed by atoms with Gasteiger partial charge in [-0.2, -0.15) is 13.2 Å². The number of carbonyl (C=O) groups is 2. The first-order valence-electron chi connectivity index (χ1n) is 8.54. The molecule has 1 aromatic carbocycles. The van der Waals surface area contributed by atoms with Gasteiger partial charge >= 0.3 is 6.18 Å². The van der Waals surface area contributed by atoms with Gasteiger partial charge in [-0.15, -0.1) is 0 Å². The monoisotopic (exact) mass is 372 g/mol. The zero-order valence-electron chi connectivity index (χ0n) is 14.6. The summed E-state index contributed by atoms with van der Waals surface area (Å²) in [6.07, 6.45) is -3.17. The molecule has 1 heterocycles. The fourth-order valence-corrected chi connectivity index (χ4v) is 3.09. The third kappa shape index (κ3) is 6.01. The number of hydrogen-bond acceptors (Lipinski definition) is 3. The van der Waals surface area contributed by atoms with Crippen molar-refractivity contribution < 1.29 is 27.5 Å². The fraction of sp³-hybridized carbons (Fsp3) is 0.556. The summed E-state index contributed by atoms with van der Waals surface area (Å²) in [7, 11) is 0. The van der Waals surface area contributed by atoms with Crippen molar-refractivity contribution >= 4 is 11.8 Å². The smallest absolute Gasteiger partial charge is 0.372 e. The van der Waals surface area contributed by atoms with Crippen LogP contribution in [0, 0.1) is 0 Å². The van der Waals surface area contributed by atoms with Crippen molar-refractivity contribution in [1.82, 2.24) is 10.2 Å². The number of hydrogen-bond donors (Lipinski definition) is 1. The molecule has 8 heteroatoms. The van der Waals surface area contributed by atoms with Crippen LogP contribution in [0.5, 0.6) is 0 Å². The van der Waals surface area contributed by atoms with Gasteiger partial charge < -0.3 is 15.0 Å². The van der Waals surface area contributed by atoms with E-state index in [2.05, 4.69) is 10.1 Å². The van der Waals surface area contributed by atoms with Gasteiger partial charge in [0.15, 0.2) is 0 Å². The van der Waals surface area contributed by atoms with E-state index in [0.717, 1.165) is 17.5 Å². The molecule has 2 amide bonds. The molecular weight excluding hydrogens is 349 g/mol. The zero-order valence-corrected chi connectivity index (χ0v) is 14.6. The lowest BCUT2D eigenvalue weighted by Gasteiger charge is -2.36. The Labute approximate surface area is 150 Å². The molecule has 0 fully saturated rings. The van der Waals surface area contributed by atoms with Crippen LogP contribution in [-0.4, -0.2) is 49.2 Å². The van der Waals surface area contributed by atoms with Gasteiger partial charge in [-0.1, -0.05) is 24.3 Å². The molecule has 2 rings (SSSR count). The lowest BCUT2D eigenvalue weighted by atomic mass is 9.90. The van der Waals surface area contributed by atoms with E-state index in [-0.39, 0.29) is 37.4 Å². The number of fused-ring (bicyclic) bond motifs is 1. The molecule has 1 aromatic rings. The van der Waals surface area contributed by atoms with Crippen molar-refractivity contribution in [3.05, 3.63) is 35.4 Å². The minimum Gasteiger partial charge on any atom is -0.372 e. The van der Waals surface area contributed by atoms with Crippen LogP contribution in [0.25, 0.3) is 0 Å². The summed E-state index contributed by atoms with van der Waals surface area (Å²) in [4.78, 5) is 25.8. The maximum Gasteiger partial charge on any atom is 0.411 e. The number of halogens is 3. The molecule has 0 saturated carbocycles. The van der Waals surface area contributed by atoms with E-state index in [9.17, 15) is 22.8 Å². The molecule has 0 aliphatic carbocycles. The number of carbonyl (C=O) groups excluding carboxylic acids is 2. The quantitative estimate of drug-likeness (QED) is 0.749. The Bertz CT molecular complexity index is 634. The molecule has 1 aliphatic rings. The molecule has 1 aliphatic heterocycles. The minimum absolute atomic E-state index is 0.0778. The van der Waals surface area contributed by atoms with Crippen LogP contribution in [0.3, 0.4) is 0 Å². The topological polar surface area (TPSA) is 58.6 Å². The second kappa shape index (κ2) is 9.02. The van der Waals surface area contributed by atoms with E-state index >= 15 is 0 Å². The van der Waals surface area contributed by atoms with Gasteiger partial charge in [-0.3, -0.25) is 9.59 Å². The van der Waals surface area contributed by atoms with Crippen LogP contribution >= 0.6 is 0 Å². The molecular formula is C18H23F3N2O3. The first-order chi connectivity index (χ1) is 12.3. The normalized spacial score (nSPS) is 16.9. The predicted octanol–water partition coefficient (Wildman–Crippen LogP) is 2.61. The van der Waals surface area contributed by atoms with E-state index in [0.29, 0.717) is 13.0 Å². The molecule has 0 spiro atoms. The first-order valence-corrected chi connectivity index (χ1v) is 8.54. The third-order valence-corrected chi connectivity index (χ3v) is 4.25. The number of alkyl halides is 3. The van der Waals surface area contributed by atoms with Crippen molar-refractivity contribution in [2.45, 2.75) is 38.4 Å². The van der Waals surface area contributed by atoms with Crippen LogP contribution < -0.4 is 5.32 Å². The molecule has 5 nitrogen and oxygen atoms in total. The Morgan fingerprint density at radius 3 is 2.73 bits per heavy atom. The summed E-state index contributed by atoms with van der Waals surface area (Å²) in [5.41, 5.74) is 2.10. The Balaban J connectivity index is 1.83. The number of ether oxygens (including phenoxy) is 1. The van der Waals surface area contributed by atoms with Crippen LogP contribution in [0.2, 0.25) is 0 Å². The number of nitrogens with one attached hydrogen (secondary N) is 1. The van der Waals surface area contributed by atoms with Crippen LogP contribution in [0.15, 0.2) is 24.3 Å². The van der Waals surface area contributed by atoms with Gasteiger partial charge in [0, 0.05) is 26.6 Å². The number of rotatable bonds is 7. The van der Waals surface area contributed by atoms with E-state index in [4.69, 9.17) is 0 Å². The lowest BCUT2D eigenvalue weighted by molar-refractivity contribution is -0.174. The SMILES string of the molecule is CC(=O)N1CCc2ccccc2C1CC(=O)NCCCOCC(F)(F)F. The predicted molar refractivity (Wildman–Crippen MR) is 89.4 cm³/mol. The van der Waals surface area contributed by atoms with Crippen molar-refractivity contribution in [3.8, 4) is 0 Å². The van der Waals surface area contributed by atoms with Gasteiger partial charge in [0.05, 0.1) is 12.5 Å². The zero-order chi connectivity index (χ0) is 19.2. The van der Waals surface area contributed by atoms with Crippen molar-refractivity contribution in [1.29, 1.82) is 0 Å². The van der Waals surface area contributed by atoms with E-state index in [1.54, 1.807) is 4.90 Å². The number of nitrogens with zero attached hydrogens (tertiary/aromatic N) is 1. The summed E-state index contributed by atoms with van der Waals surface area (Å²) in [6.45, 7) is 0.913. The Hall–Kier alpha value is -2.09. The highest BCUT2D eigenvalue weighted by Crippen LogP contribution is 2.32. The molecule has 0 aromatic heterocycles. The van der Waals surface area contributed by atoms with Gasteiger partial charge in [-0.05, 0) is 24.0 Å². The van der Waals surface area contributed by atoms with Gasteiger partial charge in [0.2, 0.25) is 11.8 Å². The van der Waals surface area contributed by atoms with Crippen molar-refractivity contribution in [3.63, 3.8) is 0 Å². The molecule has 144 valence electrons. The fourth-order valence-electron chi connectivity index (χ4n) is 3.09. The maximum absolute atomic E-state index is 12.2. The van der Waals surface area contributed by atoms with Crippen LogP contribution in [0.1, 0.15) is 36.9 Å². The second-order valence-corrected chi connectivity index (χ2v) is 6.25. The lowest BCUT2D eigenvalue weighted by Crippen LogP contribution is -2.41. The average Bonchev–Trinajstić information content (AvgIpc) is 2.57. The van der Waals surface area contributed by atoms with Crippen LogP contribution in [-0.2, 0) is 20.7 Å². The first kappa shape index (κ1) is 20.2. The summed E-state index contributed by atoms with van der Waals surface area (Å²) >= 11 is 0. The number of benzene rings is 1. The highest BCUT2D eigenvalue weighted by atomic mass is 19.4. The van der Waals surface area contributed by atoms with Gasteiger partial charge in [0.25, 0.3) is 0 Å². The van der Waals surface area contributed by atoms with Crippen molar-refractivity contribution in [2.75, 3.05) is 26.3 Å². The molecule has 0 saturated heterocycles. The van der Waals surface area contributed by atoms with Crippen molar-refractivity contribution in [2.24, 2.45) is 0 Å². The van der Waals surface area contributed by atoms with Gasteiger partial charge in [0.1, 0.15) is 6.61 Å². The van der Waals surface area contributed by atoms with Gasteiger partial charge in [-0.25, -0.2) is 0 Å². The largest absolute Gasteiger partial charge is 0.411 e. The highest BCUT2D eigenvalue weighted by molar-refractivity contribution is 5.79. The Kier molecular flexibility index (Phi) is 7.02. The van der Waals surface area contributed by atoms with Crippen LogP contribution in [0.4, 0.5) is 13.2 Å². The summed E-state index contributed by atoms with van der Waals surface area (Å²) in [5, 5.41) is 2.68. The standard InChI is InChI=1S/C18H23F3N2O3/c1-13(24)23-9-7-14-5-2-3-6-15(14)16(23)11-17(25)22-8-4-10-26-12-18(19,20)21/h2-3,5-6,16H,4,7-12H2,1H3,(H,22,25). The summed E-state index contributed by atoms with van der Waals surface area (Å²) < 4.78 is 40.3. The molecule has 1 atom stereocenters. The van der Waals surface area contributed by atoms with E-state index in [1.165, 1.54) is 6.92 Å². The highest BCUT2D eigenvalue weighted by Gasteiger charge is 2.30. The van der Waals surface area contributed by atoms with E-state index < -0.39 is 12.8 Å². The Morgan fingerprint density at radius 2 is 2.04 bits per heavy atom. The Morgan fingerprint density at radius 1 is 1.31 bits per heavy atom. The molecule has 0 bridgehead atoms. The molecule has 26 heavy (non-hydrogen) atoms. The van der Waals surface area contributed by atoms with E-state index in [1.807, 2.05) is 24.3 Å². The summed E-state index contributed by atoms with van der Waals surface area (Å²) in [6, 6.07) is 7.41. The molecule has 1 N–H and O–H groups in total. The third-order valence-electron chi connectivity index (χ3n) is 4.25. The minimum atomic E-state index is -4.34.